The number of thiazole rings is 1. The first-order valence-corrected chi connectivity index (χ1v) is 7.98. The van der Waals surface area contributed by atoms with Crippen molar-refractivity contribution in [3.63, 3.8) is 0 Å². The van der Waals surface area contributed by atoms with E-state index in [1.54, 1.807) is 12.1 Å². The van der Waals surface area contributed by atoms with Crippen LogP contribution in [0.1, 0.15) is 5.01 Å². The summed E-state index contributed by atoms with van der Waals surface area (Å²) in [7, 11) is 0. The molecular formula is C15H8N6O5S. The smallest absolute Gasteiger partial charge is 0.304 e. The Balaban J connectivity index is 2.01. The van der Waals surface area contributed by atoms with Crippen LogP contribution in [0.3, 0.4) is 0 Å². The van der Waals surface area contributed by atoms with Crippen molar-refractivity contribution >= 4 is 44.3 Å². The Bertz CT molecular complexity index is 1120. The number of anilines is 1. The maximum Gasteiger partial charge on any atom is 0.304 e. The van der Waals surface area contributed by atoms with Crippen molar-refractivity contribution in [3.8, 4) is 11.8 Å². The summed E-state index contributed by atoms with van der Waals surface area (Å²) >= 11 is 1.20. The first kappa shape index (κ1) is 17.7. The number of aromatic nitrogens is 1. The van der Waals surface area contributed by atoms with Crippen LogP contribution in [0.15, 0.2) is 41.5 Å². The monoisotopic (exact) mass is 384 g/mol. The number of phenolic OH excluding ortho intramolecular Hbond substituents is 1. The lowest BCUT2D eigenvalue weighted by Gasteiger charge is -2.05. The molecule has 0 aliphatic heterocycles. The molecule has 0 amide bonds. The molecule has 0 spiro atoms. The van der Waals surface area contributed by atoms with Crippen molar-refractivity contribution in [1.82, 2.24) is 4.98 Å². The molecule has 0 saturated heterocycles. The number of non-ortho nitro benzene ring substituents is 1. The number of hydrazone groups is 1. The molecule has 0 bridgehead atoms. The molecule has 0 saturated carbocycles. The summed E-state index contributed by atoms with van der Waals surface area (Å²) in [4.78, 5) is 24.4. The van der Waals surface area contributed by atoms with Crippen LogP contribution < -0.4 is 5.43 Å². The lowest BCUT2D eigenvalue weighted by molar-refractivity contribution is -0.393. The highest BCUT2D eigenvalue weighted by Crippen LogP contribution is 2.37. The van der Waals surface area contributed by atoms with Crippen molar-refractivity contribution in [3.05, 3.63) is 61.6 Å². The van der Waals surface area contributed by atoms with Gasteiger partial charge in [-0.3, -0.25) is 25.7 Å². The van der Waals surface area contributed by atoms with Crippen LogP contribution in [0.2, 0.25) is 0 Å². The molecule has 11 nitrogen and oxygen atoms in total. The van der Waals surface area contributed by atoms with E-state index in [0.29, 0.717) is 11.6 Å². The number of hydrogen-bond donors (Lipinski definition) is 2. The largest absolute Gasteiger partial charge is 0.505 e. The van der Waals surface area contributed by atoms with Gasteiger partial charge in [-0.1, -0.05) is 12.1 Å². The number of aromatic hydroxyl groups is 1. The molecule has 3 aromatic rings. The van der Waals surface area contributed by atoms with Crippen LogP contribution in [0.5, 0.6) is 5.75 Å². The lowest BCUT2D eigenvalue weighted by Crippen LogP contribution is -2.04. The van der Waals surface area contributed by atoms with Gasteiger partial charge in [-0.2, -0.15) is 10.4 Å². The molecule has 0 aliphatic carbocycles. The van der Waals surface area contributed by atoms with Gasteiger partial charge in [0, 0.05) is 0 Å². The van der Waals surface area contributed by atoms with Crippen LogP contribution in [-0.2, 0) is 0 Å². The summed E-state index contributed by atoms with van der Waals surface area (Å²) in [6, 6.07) is 10.4. The third-order valence-corrected chi connectivity index (χ3v) is 4.41. The Hall–Kier alpha value is -4.11. The number of nitro groups is 2. The number of benzene rings is 2. The van der Waals surface area contributed by atoms with Gasteiger partial charge in [0.1, 0.15) is 6.07 Å². The van der Waals surface area contributed by atoms with E-state index in [4.69, 9.17) is 0 Å². The molecule has 1 aromatic heterocycles. The fourth-order valence-electron chi connectivity index (χ4n) is 2.17. The second-order valence-electron chi connectivity index (χ2n) is 5.04. The Labute approximate surface area is 154 Å². The van der Waals surface area contributed by atoms with Gasteiger partial charge >= 0.3 is 5.69 Å². The summed E-state index contributed by atoms with van der Waals surface area (Å²) < 4.78 is 0.819. The summed E-state index contributed by atoms with van der Waals surface area (Å²) in [6.45, 7) is 0. The standard InChI is InChI=1S/C15H8N6O5S/c16-7-10(15-17-9-3-1-2-4-13(9)27-15)18-19-14-11(21(25)26)5-8(20(23)24)6-12(14)22/h1-6,19,22H/b18-10+. The molecule has 2 N–H and O–H groups in total. The number of nitro benzene ring substituents is 2. The predicted octanol–water partition coefficient (Wildman–Crippen LogP) is 3.16. The van der Waals surface area contributed by atoms with Crippen molar-refractivity contribution in [2.24, 2.45) is 5.10 Å². The number of hydrogen-bond acceptors (Lipinski definition) is 10. The zero-order chi connectivity index (χ0) is 19.6. The third kappa shape index (κ3) is 3.48. The van der Waals surface area contributed by atoms with Gasteiger partial charge in [0.15, 0.2) is 22.2 Å². The second-order valence-corrected chi connectivity index (χ2v) is 6.07. The van der Waals surface area contributed by atoms with Gasteiger partial charge in [-0.25, -0.2) is 4.98 Å². The Morgan fingerprint density at radius 3 is 2.63 bits per heavy atom. The van der Waals surface area contributed by atoms with Gasteiger partial charge in [-0.15, -0.1) is 11.3 Å². The van der Waals surface area contributed by atoms with Crippen LogP contribution in [0, 0.1) is 31.6 Å². The summed E-state index contributed by atoms with van der Waals surface area (Å²) in [5.74, 6) is -0.749. The fraction of sp³-hybridized carbons (Fsp3) is 0. The Morgan fingerprint density at radius 2 is 2.00 bits per heavy atom. The molecule has 0 atom stereocenters. The molecule has 12 heteroatoms. The average Bonchev–Trinajstić information content (AvgIpc) is 3.06. The minimum atomic E-state index is -0.908. The van der Waals surface area contributed by atoms with Crippen LogP contribution in [0.25, 0.3) is 10.2 Å². The van der Waals surface area contributed by atoms with Gasteiger partial charge < -0.3 is 5.11 Å². The topological polar surface area (TPSA) is 168 Å². The van der Waals surface area contributed by atoms with Gasteiger partial charge in [0.25, 0.3) is 5.69 Å². The first-order chi connectivity index (χ1) is 12.9. The average molecular weight is 384 g/mol. The zero-order valence-electron chi connectivity index (χ0n) is 13.2. The predicted molar refractivity (Wildman–Crippen MR) is 96.8 cm³/mol. The SMILES string of the molecule is N#C/C(=N\Nc1c(O)cc([N+](=O)[O-])cc1[N+](=O)[O-])c1nc2ccccc2s1. The van der Waals surface area contributed by atoms with E-state index in [1.807, 2.05) is 18.2 Å². The molecule has 0 radical (unpaired) electrons. The Morgan fingerprint density at radius 1 is 1.26 bits per heavy atom. The molecule has 3 rings (SSSR count). The highest BCUT2D eigenvalue weighted by molar-refractivity contribution is 7.20. The van der Waals surface area contributed by atoms with Gasteiger partial charge in [0.05, 0.1) is 32.2 Å². The summed E-state index contributed by atoms with van der Waals surface area (Å²) in [5, 5.41) is 45.2. The third-order valence-electron chi connectivity index (χ3n) is 3.37. The number of rotatable bonds is 5. The van der Waals surface area contributed by atoms with Crippen molar-refractivity contribution in [1.29, 1.82) is 5.26 Å². The van der Waals surface area contributed by atoms with Crippen molar-refractivity contribution in [2.75, 3.05) is 5.43 Å². The van der Waals surface area contributed by atoms with Crippen LogP contribution in [-0.4, -0.2) is 25.6 Å². The van der Waals surface area contributed by atoms with E-state index < -0.39 is 32.7 Å². The highest BCUT2D eigenvalue weighted by Gasteiger charge is 2.24. The number of nitriles is 1. The molecule has 27 heavy (non-hydrogen) atoms. The van der Waals surface area contributed by atoms with Crippen LogP contribution in [0.4, 0.5) is 17.1 Å². The molecule has 134 valence electrons. The van der Waals surface area contributed by atoms with E-state index in [9.17, 15) is 30.6 Å². The number of nitrogens with one attached hydrogen (secondary N) is 1. The number of para-hydroxylation sites is 1. The van der Waals surface area contributed by atoms with Crippen molar-refractivity contribution in [2.45, 2.75) is 0 Å². The second kappa shape index (κ2) is 7.02. The fourth-order valence-corrected chi connectivity index (χ4v) is 3.07. The number of phenols is 1. The van der Waals surface area contributed by atoms with Gasteiger partial charge in [-0.05, 0) is 12.1 Å². The molecule has 0 aliphatic rings. The van der Waals surface area contributed by atoms with E-state index in [1.165, 1.54) is 11.3 Å². The quantitative estimate of drug-likeness (QED) is 0.292. The molecular weight excluding hydrogens is 376 g/mol. The Kier molecular flexibility index (Phi) is 4.60. The van der Waals surface area contributed by atoms with Crippen LogP contribution >= 0.6 is 11.3 Å². The normalized spacial score (nSPS) is 11.1. The highest BCUT2D eigenvalue weighted by atomic mass is 32.1. The summed E-state index contributed by atoms with van der Waals surface area (Å²) in [6.07, 6.45) is 0. The lowest BCUT2D eigenvalue weighted by atomic mass is 10.2. The molecule has 2 aromatic carbocycles. The summed E-state index contributed by atoms with van der Waals surface area (Å²) in [5.41, 5.74) is 0.852. The maximum absolute atomic E-state index is 11.2. The van der Waals surface area contributed by atoms with E-state index in [0.717, 1.165) is 10.8 Å². The van der Waals surface area contributed by atoms with E-state index in [2.05, 4.69) is 15.5 Å². The maximum atomic E-state index is 11.2. The van der Waals surface area contributed by atoms with Crippen molar-refractivity contribution < 1.29 is 15.0 Å². The van der Waals surface area contributed by atoms with Gasteiger partial charge in [0.2, 0.25) is 0 Å². The molecule has 1 heterocycles. The zero-order valence-corrected chi connectivity index (χ0v) is 14.0. The number of nitrogens with zero attached hydrogens (tertiary/aromatic N) is 5. The number of fused-ring (bicyclic) bond motifs is 1. The minimum absolute atomic E-state index is 0.164. The molecule has 0 unspecified atom stereocenters. The minimum Gasteiger partial charge on any atom is -0.505 e. The molecule has 0 fully saturated rings. The van der Waals surface area contributed by atoms with E-state index >= 15 is 0 Å². The van der Waals surface area contributed by atoms with E-state index in [-0.39, 0.29) is 10.7 Å². The first-order valence-electron chi connectivity index (χ1n) is 7.16.